The molecule has 0 saturated heterocycles. The topological polar surface area (TPSA) is 0 Å². The molecule has 0 bridgehead atoms. The summed E-state index contributed by atoms with van der Waals surface area (Å²) in [5.74, 6) is 1.15. The van der Waals surface area contributed by atoms with E-state index >= 15 is 0 Å². The molecule has 143 valence electrons. The second-order valence-corrected chi connectivity index (χ2v) is 4.02. The predicted molar refractivity (Wildman–Crippen MR) is 122 cm³/mol. The Bertz CT molecular complexity index is 192. The van der Waals surface area contributed by atoms with Gasteiger partial charge in [-0.2, -0.15) is 11.8 Å². The van der Waals surface area contributed by atoms with Gasteiger partial charge in [-0.1, -0.05) is 97.2 Å². The first kappa shape index (κ1) is 77.2. The van der Waals surface area contributed by atoms with Crippen molar-refractivity contribution < 1.29 is 32.7 Å². The van der Waals surface area contributed by atoms with Gasteiger partial charge in [0.2, 0.25) is 0 Å². The van der Waals surface area contributed by atoms with Crippen molar-refractivity contribution in [2.24, 2.45) is 0 Å². The van der Waals surface area contributed by atoms with Gasteiger partial charge >= 0.3 is 0 Å². The molecule has 0 N–H and O–H groups in total. The molecule has 1 radical (unpaired) electrons. The molecule has 0 atom stereocenters. The van der Waals surface area contributed by atoms with Gasteiger partial charge in [0.05, 0.1) is 0 Å². The monoisotopic (exact) mass is 431 g/mol. The van der Waals surface area contributed by atoms with E-state index in [1.54, 1.807) is 0 Å². The largest absolute Gasteiger partial charge is 0.782 e. The van der Waals surface area contributed by atoms with Crippen LogP contribution in [0.25, 0.3) is 0 Å². The van der Waals surface area contributed by atoms with Crippen LogP contribution in [-0.4, -0.2) is 10.8 Å². The molecule has 22 heavy (non-hydrogen) atoms. The predicted octanol–water partition coefficient (Wildman–Crippen LogP) is 8.64. The third-order valence-corrected chi connectivity index (χ3v) is 2.62. The molecule has 0 unspecified atom stereocenters. The van der Waals surface area contributed by atoms with Crippen LogP contribution in [0.3, 0.4) is 0 Å². The molecule has 0 aromatic heterocycles. The van der Waals surface area contributed by atoms with E-state index in [9.17, 15) is 0 Å². The smallest absolute Gasteiger partial charge is 0 e. The van der Waals surface area contributed by atoms with Crippen LogP contribution in [-0.2, 0) is 51.8 Å². The van der Waals surface area contributed by atoms with E-state index in [1.165, 1.54) is 5.56 Å². The van der Waals surface area contributed by atoms with Gasteiger partial charge in [-0.3, -0.25) is 0 Å². The van der Waals surface area contributed by atoms with E-state index in [0.717, 1.165) is 17.3 Å². The quantitative estimate of drug-likeness (QED) is 0.266. The minimum atomic E-state index is 0. The van der Waals surface area contributed by atoms with Crippen LogP contribution in [0.5, 0.6) is 0 Å². The normalized spacial score (nSPS) is 4.95. The minimum Gasteiger partial charge on any atom is -0.782 e. The molecule has 0 amide bonds. The van der Waals surface area contributed by atoms with Gasteiger partial charge in [-0.15, -0.1) is 5.08 Å². The van der Waals surface area contributed by atoms with Gasteiger partial charge in [0.1, 0.15) is 0 Å². The summed E-state index contributed by atoms with van der Waals surface area (Å²) < 4.78 is 0. The van der Waals surface area contributed by atoms with Crippen molar-refractivity contribution in [1.29, 1.82) is 0 Å². The standard InChI is InChI=1S/C9H12S2.9CH4.CH3.Y/c10-8-11-7-6-9-4-2-1-3-5-9;;;;;;;;;;;/h1-5,10H,6-8H2;9*1H4;1H3;/q;;;;;;;;;;-1;/p-1. The van der Waals surface area contributed by atoms with Crippen LogP contribution in [0.1, 0.15) is 72.4 Å². The van der Waals surface area contributed by atoms with E-state index < -0.39 is 0 Å². The Hall–Kier alpha value is 1.02. The van der Waals surface area contributed by atoms with Gasteiger partial charge in [-0.05, 0) is 17.7 Å². The van der Waals surface area contributed by atoms with Gasteiger partial charge in [0.25, 0.3) is 0 Å². The van der Waals surface area contributed by atoms with Crippen molar-refractivity contribution in [1.82, 2.24) is 0 Å². The number of thioether (sulfide) groups is 1. The second kappa shape index (κ2) is 57.4. The summed E-state index contributed by atoms with van der Waals surface area (Å²) in [6.45, 7) is 0. The Balaban J connectivity index is -0.0000000122. The number of hydrogen-bond acceptors (Lipinski definition) is 2. The van der Waals surface area contributed by atoms with Crippen LogP contribution >= 0.6 is 11.8 Å². The van der Waals surface area contributed by atoms with Crippen LogP contribution in [0.15, 0.2) is 30.3 Å². The fourth-order valence-corrected chi connectivity index (χ4v) is 1.75. The second-order valence-electron chi connectivity index (χ2n) is 2.26. The van der Waals surface area contributed by atoms with Gasteiger partial charge in [0.15, 0.2) is 0 Å². The van der Waals surface area contributed by atoms with Crippen molar-refractivity contribution in [3.05, 3.63) is 43.3 Å². The zero-order chi connectivity index (χ0) is 7.94. The fourth-order valence-electron chi connectivity index (χ4n) is 0.894. The molecule has 1 aromatic rings. The number of aryl methyl sites for hydroxylation is 1. The minimum absolute atomic E-state index is 0. The Labute approximate surface area is 183 Å². The maximum absolute atomic E-state index is 4.83. The molecule has 0 nitrogen and oxygen atoms in total. The summed E-state index contributed by atoms with van der Waals surface area (Å²) in [7, 11) is 0. The van der Waals surface area contributed by atoms with E-state index in [4.69, 9.17) is 12.6 Å². The van der Waals surface area contributed by atoms with Crippen molar-refractivity contribution in [2.45, 2.75) is 73.3 Å². The molecule has 3 heteroatoms. The van der Waals surface area contributed by atoms with Gasteiger partial charge in [0, 0.05) is 32.7 Å². The number of hydrogen-bond donors (Lipinski definition) is 0. The average molecular weight is 432 g/mol. The van der Waals surface area contributed by atoms with Crippen molar-refractivity contribution in [2.75, 3.05) is 10.8 Å². The van der Waals surface area contributed by atoms with Crippen molar-refractivity contribution >= 4 is 24.4 Å². The van der Waals surface area contributed by atoms with Crippen LogP contribution in [0.4, 0.5) is 0 Å². The Morgan fingerprint density at radius 1 is 0.727 bits per heavy atom. The molecule has 0 aliphatic heterocycles. The first-order valence-corrected chi connectivity index (χ1v) is 5.36. The third kappa shape index (κ3) is 42.9. The molecule has 1 rings (SSSR count). The van der Waals surface area contributed by atoms with E-state index in [1.807, 2.05) is 17.8 Å². The van der Waals surface area contributed by atoms with Crippen LogP contribution < -0.4 is 0 Å². The third-order valence-electron chi connectivity index (χ3n) is 1.46. The van der Waals surface area contributed by atoms with E-state index in [-0.39, 0.29) is 107 Å². The zero-order valence-electron chi connectivity index (χ0n) is 7.90. The molecule has 0 spiro atoms. The van der Waals surface area contributed by atoms with Gasteiger partial charge < -0.3 is 20.1 Å². The summed E-state index contributed by atoms with van der Waals surface area (Å²) in [5, 5.41) is 0.812. The van der Waals surface area contributed by atoms with E-state index in [0.29, 0.717) is 0 Å². The average Bonchev–Trinajstić information content (AvgIpc) is 2.07. The van der Waals surface area contributed by atoms with Crippen molar-refractivity contribution in [3.8, 4) is 0 Å². The fraction of sp³-hybridized carbons (Fsp3) is 0.632. The summed E-state index contributed by atoms with van der Waals surface area (Å²) in [6, 6.07) is 10.5. The molecule has 0 aliphatic carbocycles. The summed E-state index contributed by atoms with van der Waals surface area (Å²) in [5.41, 5.74) is 1.41. The first-order valence-electron chi connectivity index (χ1n) is 3.63. The molecular formula is C19H50S2Y-2. The maximum Gasteiger partial charge on any atom is 0 e. The number of rotatable bonds is 4. The summed E-state index contributed by atoms with van der Waals surface area (Å²) >= 11 is 6.65. The van der Waals surface area contributed by atoms with Crippen molar-refractivity contribution in [3.63, 3.8) is 0 Å². The van der Waals surface area contributed by atoms with E-state index in [2.05, 4.69) is 24.3 Å². The molecule has 1 aromatic carbocycles. The summed E-state index contributed by atoms with van der Waals surface area (Å²) in [6.07, 6.45) is 1.14. The molecular weight excluding hydrogens is 381 g/mol. The SMILES string of the molecule is C.C.C.C.C.C.C.C.C.[CH3-].[S-]CSCCc1ccccc1.[Y]. The first-order chi connectivity index (χ1) is 5.43. The molecule has 0 heterocycles. The molecule has 0 aliphatic rings. The van der Waals surface area contributed by atoms with Crippen LogP contribution in [0.2, 0.25) is 0 Å². The Kier molecular flexibility index (Phi) is 202. The summed E-state index contributed by atoms with van der Waals surface area (Å²) in [4.78, 5) is 0. The number of benzene rings is 1. The Morgan fingerprint density at radius 3 is 1.41 bits per heavy atom. The van der Waals surface area contributed by atoms with Crippen LogP contribution in [0, 0.1) is 7.43 Å². The zero-order valence-corrected chi connectivity index (χ0v) is 12.4. The Morgan fingerprint density at radius 2 is 1.09 bits per heavy atom. The maximum atomic E-state index is 4.83. The molecule has 0 fully saturated rings. The van der Waals surface area contributed by atoms with Gasteiger partial charge in [-0.25, -0.2) is 0 Å². The molecule has 0 saturated carbocycles.